The number of rotatable bonds is 1. The van der Waals surface area contributed by atoms with Crippen molar-refractivity contribution in [1.82, 2.24) is 4.98 Å². The van der Waals surface area contributed by atoms with Gasteiger partial charge in [-0.1, -0.05) is 0 Å². The standard InChI is InChI=1S/C7H10N2O/c8-3-5-1-2-6-7(5)10-4-9-6/h4-5H,1-3,8H2. The van der Waals surface area contributed by atoms with Crippen LogP contribution in [0.1, 0.15) is 23.8 Å². The van der Waals surface area contributed by atoms with Crippen molar-refractivity contribution in [1.29, 1.82) is 0 Å². The summed E-state index contributed by atoms with van der Waals surface area (Å²) in [5, 5.41) is 0. The Morgan fingerprint density at radius 1 is 1.80 bits per heavy atom. The van der Waals surface area contributed by atoms with Gasteiger partial charge in [-0.3, -0.25) is 0 Å². The van der Waals surface area contributed by atoms with Gasteiger partial charge in [-0.15, -0.1) is 0 Å². The fourth-order valence-corrected chi connectivity index (χ4v) is 1.46. The fourth-order valence-electron chi connectivity index (χ4n) is 1.46. The van der Waals surface area contributed by atoms with E-state index in [0.717, 1.165) is 24.3 Å². The van der Waals surface area contributed by atoms with Crippen LogP contribution in [0, 0.1) is 0 Å². The van der Waals surface area contributed by atoms with E-state index in [-0.39, 0.29) is 0 Å². The van der Waals surface area contributed by atoms with Gasteiger partial charge in [0.25, 0.3) is 0 Å². The summed E-state index contributed by atoms with van der Waals surface area (Å²) in [5.74, 6) is 1.44. The molecule has 1 heterocycles. The summed E-state index contributed by atoms with van der Waals surface area (Å²) in [5.41, 5.74) is 6.63. The number of aromatic nitrogens is 1. The number of hydrogen-bond acceptors (Lipinski definition) is 3. The minimum Gasteiger partial charge on any atom is -0.448 e. The Kier molecular flexibility index (Phi) is 1.24. The van der Waals surface area contributed by atoms with Crippen molar-refractivity contribution < 1.29 is 4.42 Å². The second kappa shape index (κ2) is 2.09. The third-order valence-corrected chi connectivity index (χ3v) is 2.06. The molecule has 1 unspecified atom stereocenters. The molecule has 0 saturated carbocycles. The lowest BCUT2D eigenvalue weighted by Crippen LogP contribution is -2.08. The van der Waals surface area contributed by atoms with Crippen LogP contribution in [-0.4, -0.2) is 11.5 Å². The molecule has 2 rings (SSSR count). The number of nitrogens with zero attached hydrogens (tertiary/aromatic N) is 1. The van der Waals surface area contributed by atoms with Gasteiger partial charge in [0, 0.05) is 12.5 Å². The highest BCUT2D eigenvalue weighted by Crippen LogP contribution is 2.30. The number of aryl methyl sites for hydroxylation is 1. The van der Waals surface area contributed by atoms with Gasteiger partial charge in [0.15, 0.2) is 6.39 Å². The first-order valence-corrected chi connectivity index (χ1v) is 3.54. The minimum absolute atomic E-state index is 0.428. The van der Waals surface area contributed by atoms with Gasteiger partial charge in [0.2, 0.25) is 0 Å². The van der Waals surface area contributed by atoms with Crippen molar-refractivity contribution in [3.05, 3.63) is 17.8 Å². The summed E-state index contributed by atoms with van der Waals surface area (Å²) in [6.07, 6.45) is 3.65. The van der Waals surface area contributed by atoms with E-state index in [9.17, 15) is 0 Å². The lowest BCUT2D eigenvalue weighted by atomic mass is 10.1. The number of hydrogen-bond donors (Lipinski definition) is 1. The Labute approximate surface area is 59.2 Å². The first kappa shape index (κ1) is 5.92. The van der Waals surface area contributed by atoms with E-state index in [1.54, 1.807) is 0 Å². The smallest absolute Gasteiger partial charge is 0.181 e. The minimum atomic E-state index is 0.428. The molecule has 0 saturated heterocycles. The number of nitrogens with two attached hydrogens (primary N) is 1. The fraction of sp³-hybridized carbons (Fsp3) is 0.571. The van der Waals surface area contributed by atoms with Crippen LogP contribution in [0.5, 0.6) is 0 Å². The van der Waals surface area contributed by atoms with Crippen molar-refractivity contribution in [3.63, 3.8) is 0 Å². The van der Waals surface area contributed by atoms with E-state index in [1.807, 2.05) is 0 Å². The molecule has 1 atom stereocenters. The molecular formula is C7H10N2O. The zero-order valence-electron chi connectivity index (χ0n) is 5.71. The molecule has 0 spiro atoms. The van der Waals surface area contributed by atoms with E-state index < -0.39 is 0 Å². The molecule has 1 aliphatic rings. The van der Waals surface area contributed by atoms with Crippen LogP contribution in [0.3, 0.4) is 0 Å². The van der Waals surface area contributed by atoms with Gasteiger partial charge >= 0.3 is 0 Å². The lowest BCUT2D eigenvalue weighted by molar-refractivity contribution is 0.465. The van der Waals surface area contributed by atoms with Crippen LogP contribution in [0.2, 0.25) is 0 Å². The van der Waals surface area contributed by atoms with Gasteiger partial charge in [0.05, 0.1) is 5.69 Å². The van der Waals surface area contributed by atoms with Gasteiger partial charge in [0.1, 0.15) is 5.76 Å². The molecule has 1 aromatic rings. The van der Waals surface area contributed by atoms with Crippen LogP contribution in [-0.2, 0) is 6.42 Å². The van der Waals surface area contributed by atoms with Gasteiger partial charge in [-0.05, 0) is 12.8 Å². The zero-order valence-corrected chi connectivity index (χ0v) is 5.71. The highest BCUT2D eigenvalue weighted by molar-refractivity contribution is 5.19. The Morgan fingerprint density at radius 2 is 2.70 bits per heavy atom. The van der Waals surface area contributed by atoms with Crippen molar-refractivity contribution in [2.75, 3.05) is 6.54 Å². The molecule has 10 heavy (non-hydrogen) atoms. The molecular weight excluding hydrogens is 128 g/mol. The molecule has 54 valence electrons. The molecule has 0 bridgehead atoms. The van der Waals surface area contributed by atoms with E-state index in [2.05, 4.69) is 4.98 Å². The van der Waals surface area contributed by atoms with E-state index in [4.69, 9.17) is 10.2 Å². The summed E-state index contributed by atoms with van der Waals surface area (Å²) in [7, 11) is 0. The van der Waals surface area contributed by atoms with Crippen LogP contribution in [0.25, 0.3) is 0 Å². The van der Waals surface area contributed by atoms with Crippen molar-refractivity contribution in [3.8, 4) is 0 Å². The molecule has 2 N–H and O–H groups in total. The average molecular weight is 138 g/mol. The first-order chi connectivity index (χ1) is 4.92. The third-order valence-electron chi connectivity index (χ3n) is 2.06. The average Bonchev–Trinajstić information content (AvgIpc) is 2.44. The SMILES string of the molecule is NCC1CCc2ncoc21. The monoisotopic (exact) mass is 138 g/mol. The molecule has 3 heteroatoms. The molecule has 0 fully saturated rings. The molecule has 0 radical (unpaired) electrons. The summed E-state index contributed by atoms with van der Waals surface area (Å²) < 4.78 is 5.19. The lowest BCUT2D eigenvalue weighted by Gasteiger charge is -2.01. The van der Waals surface area contributed by atoms with Crippen molar-refractivity contribution in [2.24, 2.45) is 5.73 Å². The van der Waals surface area contributed by atoms with Crippen LogP contribution in [0.15, 0.2) is 10.8 Å². The number of fused-ring (bicyclic) bond motifs is 1. The maximum Gasteiger partial charge on any atom is 0.181 e. The van der Waals surface area contributed by atoms with E-state index >= 15 is 0 Å². The summed E-state index contributed by atoms with van der Waals surface area (Å²) in [6.45, 7) is 0.683. The molecule has 3 nitrogen and oxygen atoms in total. The zero-order chi connectivity index (χ0) is 6.97. The van der Waals surface area contributed by atoms with Crippen LogP contribution < -0.4 is 5.73 Å². The predicted octanol–water partition coefficient (Wildman–Crippen LogP) is 0.663. The Morgan fingerprint density at radius 3 is 3.50 bits per heavy atom. The quantitative estimate of drug-likeness (QED) is 0.620. The van der Waals surface area contributed by atoms with E-state index in [1.165, 1.54) is 6.39 Å². The second-order valence-corrected chi connectivity index (χ2v) is 2.63. The summed E-state index contributed by atoms with van der Waals surface area (Å²) >= 11 is 0. The molecule has 0 aromatic carbocycles. The predicted molar refractivity (Wildman–Crippen MR) is 36.6 cm³/mol. The van der Waals surface area contributed by atoms with Crippen molar-refractivity contribution >= 4 is 0 Å². The van der Waals surface area contributed by atoms with Crippen LogP contribution in [0.4, 0.5) is 0 Å². The van der Waals surface area contributed by atoms with E-state index in [0.29, 0.717) is 12.5 Å². The number of oxazole rings is 1. The molecule has 1 aliphatic carbocycles. The maximum atomic E-state index is 5.52. The largest absolute Gasteiger partial charge is 0.448 e. The molecule has 1 aromatic heterocycles. The van der Waals surface area contributed by atoms with Crippen molar-refractivity contribution in [2.45, 2.75) is 18.8 Å². The summed E-state index contributed by atoms with van der Waals surface area (Å²) in [6, 6.07) is 0. The third kappa shape index (κ3) is 0.671. The normalized spacial score (nSPS) is 23.1. The van der Waals surface area contributed by atoms with Crippen LogP contribution >= 0.6 is 0 Å². The topological polar surface area (TPSA) is 52.0 Å². The van der Waals surface area contributed by atoms with Gasteiger partial charge in [-0.2, -0.15) is 0 Å². The first-order valence-electron chi connectivity index (χ1n) is 3.54. The Hall–Kier alpha value is -0.830. The Balaban J connectivity index is 2.34. The Bertz CT molecular complexity index is 231. The second-order valence-electron chi connectivity index (χ2n) is 2.63. The molecule has 0 aliphatic heterocycles. The highest BCUT2D eigenvalue weighted by atomic mass is 16.3. The maximum absolute atomic E-state index is 5.52. The van der Waals surface area contributed by atoms with Gasteiger partial charge in [-0.25, -0.2) is 4.98 Å². The highest BCUT2D eigenvalue weighted by Gasteiger charge is 2.25. The summed E-state index contributed by atoms with van der Waals surface area (Å²) in [4.78, 5) is 4.07. The molecule has 0 amide bonds. The van der Waals surface area contributed by atoms with Gasteiger partial charge < -0.3 is 10.2 Å².